The highest BCUT2D eigenvalue weighted by Crippen LogP contribution is 2.25. The van der Waals surface area contributed by atoms with Crippen molar-refractivity contribution in [3.8, 4) is 0 Å². The number of nitrogens with one attached hydrogen (secondary N) is 1. The van der Waals surface area contributed by atoms with Gasteiger partial charge in [-0.1, -0.05) is 18.2 Å². The standard InChI is InChI=1S/C16H19N3O2/c1-11-6-7-14(9-16(11)19(20)21)12(2)18-13(3)15-5-4-8-17-10-15/h4-10,12-13,18H,1-3H3. The Morgan fingerprint density at radius 2 is 1.90 bits per heavy atom. The summed E-state index contributed by atoms with van der Waals surface area (Å²) in [6.45, 7) is 5.80. The van der Waals surface area contributed by atoms with Crippen LogP contribution >= 0.6 is 0 Å². The van der Waals surface area contributed by atoms with Gasteiger partial charge in [-0.05, 0) is 38.0 Å². The fraction of sp³-hybridized carbons (Fsp3) is 0.312. The summed E-state index contributed by atoms with van der Waals surface area (Å²) in [5, 5.41) is 14.5. The minimum Gasteiger partial charge on any atom is -0.304 e. The summed E-state index contributed by atoms with van der Waals surface area (Å²) >= 11 is 0. The number of benzene rings is 1. The first kappa shape index (κ1) is 15.1. The molecule has 1 N–H and O–H groups in total. The van der Waals surface area contributed by atoms with Crippen LogP contribution in [0.5, 0.6) is 0 Å². The first-order chi connectivity index (χ1) is 9.99. The Bertz CT molecular complexity index is 629. The molecule has 5 nitrogen and oxygen atoms in total. The normalized spacial score (nSPS) is 13.7. The Balaban J connectivity index is 2.15. The lowest BCUT2D eigenvalue weighted by Crippen LogP contribution is -2.22. The summed E-state index contributed by atoms with van der Waals surface area (Å²) in [6.07, 6.45) is 3.56. The van der Waals surface area contributed by atoms with Crippen molar-refractivity contribution < 1.29 is 4.92 Å². The van der Waals surface area contributed by atoms with Crippen molar-refractivity contribution in [3.05, 3.63) is 69.5 Å². The summed E-state index contributed by atoms with van der Waals surface area (Å²) < 4.78 is 0. The molecule has 21 heavy (non-hydrogen) atoms. The molecule has 0 saturated heterocycles. The van der Waals surface area contributed by atoms with Gasteiger partial charge in [0.05, 0.1) is 4.92 Å². The molecule has 0 aliphatic heterocycles. The largest absolute Gasteiger partial charge is 0.304 e. The summed E-state index contributed by atoms with van der Waals surface area (Å²) in [4.78, 5) is 14.8. The number of nitrogens with zero attached hydrogens (tertiary/aromatic N) is 2. The molecule has 1 heterocycles. The highest BCUT2D eigenvalue weighted by Gasteiger charge is 2.16. The van der Waals surface area contributed by atoms with Crippen LogP contribution in [0, 0.1) is 17.0 Å². The second kappa shape index (κ2) is 6.45. The van der Waals surface area contributed by atoms with Gasteiger partial charge in [0, 0.05) is 36.1 Å². The van der Waals surface area contributed by atoms with E-state index in [4.69, 9.17) is 0 Å². The molecule has 0 saturated carbocycles. The van der Waals surface area contributed by atoms with Gasteiger partial charge in [0.15, 0.2) is 0 Å². The van der Waals surface area contributed by atoms with Gasteiger partial charge in [-0.2, -0.15) is 0 Å². The quantitative estimate of drug-likeness (QED) is 0.671. The van der Waals surface area contributed by atoms with Crippen molar-refractivity contribution in [3.63, 3.8) is 0 Å². The van der Waals surface area contributed by atoms with E-state index in [1.165, 1.54) is 0 Å². The molecule has 2 unspecified atom stereocenters. The molecule has 2 aromatic rings. The highest BCUT2D eigenvalue weighted by atomic mass is 16.6. The van der Waals surface area contributed by atoms with Crippen LogP contribution in [0.3, 0.4) is 0 Å². The molecule has 110 valence electrons. The molecule has 0 fully saturated rings. The van der Waals surface area contributed by atoms with E-state index < -0.39 is 0 Å². The number of rotatable bonds is 5. The summed E-state index contributed by atoms with van der Waals surface area (Å²) in [6, 6.07) is 9.40. The third kappa shape index (κ3) is 3.64. The maximum atomic E-state index is 11.0. The zero-order chi connectivity index (χ0) is 15.4. The predicted molar refractivity (Wildman–Crippen MR) is 82.0 cm³/mol. The fourth-order valence-electron chi connectivity index (χ4n) is 2.29. The third-order valence-corrected chi connectivity index (χ3v) is 3.61. The summed E-state index contributed by atoms with van der Waals surface area (Å²) in [5.74, 6) is 0. The number of nitro groups is 1. The van der Waals surface area contributed by atoms with E-state index in [1.807, 2.05) is 31.3 Å². The van der Waals surface area contributed by atoms with Gasteiger partial charge in [-0.3, -0.25) is 15.1 Å². The molecule has 1 aromatic heterocycles. The van der Waals surface area contributed by atoms with Crippen LogP contribution in [0.25, 0.3) is 0 Å². The van der Waals surface area contributed by atoms with E-state index in [2.05, 4.69) is 17.2 Å². The number of aryl methyl sites for hydroxylation is 1. The summed E-state index contributed by atoms with van der Waals surface area (Å²) in [5.41, 5.74) is 2.83. The maximum absolute atomic E-state index is 11.0. The number of hydrogen-bond acceptors (Lipinski definition) is 4. The molecule has 5 heteroatoms. The van der Waals surface area contributed by atoms with Gasteiger partial charge >= 0.3 is 0 Å². The number of pyridine rings is 1. The molecular weight excluding hydrogens is 266 g/mol. The number of hydrogen-bond donors (Lipinski definition) is 1. The molecular formula is C16H19N3O2. The van der Waals surface area contributed by atoms with Gasteiger partial charge in [-0.25, -0.2) is 0 Å². The molecule has 0 amide bonds. The Morgan fingerprint density at radius 3 is 2.52 bits per heavy atom. The van der Waals surface area contributed by atoms with Crippen LogP contribution in [0.4, 0.5) is 5.69 Å². The first-order valence-electron chi connectivity index (χ1n) is 6.90. The van der Waals surface area contributed by atoms with E-state index in [-0.39, 0.29) is 22.7 Å². The van der Waals surface area contributed by atoms with E-state index in [9.17, 15) is 10.1 Å². The lowest BCUT2D eigenvalue weighted by atomic mass is 10.0. The molecule has 0 aliphatic rings. The first-order valence-corrected chi connectivity index (χ1v) is 6.90. The van der Waals surface area contributed by atoms with Crippen LogP contribution in [0.15, 0.2) is 42.7 Å². The molecule has 0 radical (unpaired) electrons. The Labute approximate surface area is 124 Å². The Morgan fingerprint density at radius 1 is 1.19 bits per heavy atom. The monoisotopic (exact) mass is 285 g/mol. The minimum atomic E-state index is -0.337. The SMILES string of the molecule is Cc1ccc(C(C)NC(C)c2cccnc2)cc1[N+](=O)[O-]. The molecule has 0 aliphatic carbocycles. The van der Waals surface area contributed by atoms with Crippen LogP contribution in [-0.4, -0.2) is 9.91 Å². The molecule has 1 aromatic carbocycles. The molecule has 2 atom stereocenters. The smallest absolute Gasteiger partial charge is 0.272 e. The Kier molecular flexibility index (Phi) is 4.65. The van der Waals surface area contributed by atoms with Crippen molar-refractivity contribution >= 4 is 5.69 Å². The van der Waals surface area contributed by atoms with Gasteiger partial charge < -0.3 is 5.32 Å². The second-order valence-electron chi connectivity index (χ2n) is 5.20. The van der Waals surface area contributed by atoms with Crippen molar-refractivity contribution in [1.82, 2.24) is 10.3 Å². The highest BCUT2D eigenvalue weighted by molar-refractivity contribution is 5.43. The second-order valence-corrected chi connectivity index (χ2v) is 5.20. The third-order valence-electron chi connectivity index (χ3n) is 3.61. The minimum absolute atomic E-state index is 0.0134. The van der Waals surface area contributed by atoms with E-state index in [1.54, 1.807) is 25.3 Å². The summed E-state index contributed by atoms with van der Waals surface area (Å²) in [7, 11) is 0. The van der Waals surface area contributed by atoms with Crippen molar-refractivity contribution in [2.75, 3.05) is 0 Å². The predicted octanol–water partition coefficient (Wildman–Crippen LogP) is 3.71. The van der Waals surface area contributed by atoms with E-state index >= 15 is 0 Å². The average Bonchev–Trinajstić information content (AvgIpc) is 2.48. The molecule has 2 rings (SSSR count). The molecule has 0 bridgehead atoms. The fourth-order valence-corrected chi connectivity index (χ4v) is 2.29. The lowest BCUT2D eigenvalue weighted by molar-refractivity contribution is -0.385. The average molecular weight is 285 g/mol. The van der Waals surface area contributed by atoms with Crippen LogP contribution in [-0.2, 0) is 0 Å². The van der Waals surface area contributed by atoms with Gasteiger partial charge in [0.2, 0.25) is 0 Å². The van der Waals surface area contributed by atoms with Crippen LogP contribution < -0.4 is 5.32 Å². The zero-order valence-electron chi connectivity index (χ0n) is 12.4. The lowest BCUT2D eigenvalue weighted by Gasteiger charge is -2.20. The van der Waals surface area contributed by atoms with Crippen molar-refractivity contribution in [2.24, 2.45) is 0 Å². The van der Waals surface area contributed by atoms with Gasteiger partial charge in [0.1, 0.15) is 0 Å². The van der Waals surface area contributed by atoms with Crippen LogP contribution in [0.1, 0.15) is 42.6 Å². The van der Waals surface area contributed by atoms with Gasteiger partial charge in [0.25, 0.3) is 5.69 Å². The van der Waals surface area contributed by atoms with Crippen molar-refractivity contribution in [2.45, 2.75) is 32.9 Å². The Hall–Kier alpha value is -2.27. The van der Waals surface area contributed by atoms with Crippen LogP contribution in [0.2, 0.25) is 0 Å². The zero-order valence-corrected chi connectivity index (χ0v) is 12.4. The molecule has 0 spiro atoms. The van der Waals surface area contributed by atoms with E-state index in [0.29, 0.717) is 5.56 Å². The topological polar surface area (TPSA) is 68.1 Å². The number of nitro benzene ring substituents is 1. The maximum Gasteiger partial charge on any atom is 0.272 e. The van der Waals surface area contributed by atoms with E-state index in [0.717, 1.165) is 11.1 Å². The number of aromatic nitrogens is 1. The van der Waals surface area contributed by atoms with Crippen molar-refractivity contribution in [1.29, 1.82) is 0 Å². The van der Waals surface area contributed by atoms with Gasteiger partial charge in [-0.15, -0.1) is 0 Å².